The predicted molar refractivity (Wildman–Crippen MR) is 97.0 cm³/mol. The van der Waals surface area contributed by atoms with Crippen LogP contribution in [0.4, 0.5) is 0 Å². The Morgan fingerprint density at radius 1 is 1.28 bits per heavy atom. The SMILES string of the molecule is C[C@H](Oc1cccc(Cl)c1)C(=O)NCc1ccc(-n2ccnc2)cc1. The number of hydrogen-bond acceptors (Lipinski definition) is 3. The van der Waals surface area contributed by atoms with Gasteiger partial charge >= 0.3 is 0 Å². The topological polar surface area (TPSA) is 56.1 Å². The minimum Gasteiger partial charge on any atom is -0.481 e. The van der Waals surface area contributed by atoms with Crippen LogP contribution in [0.5, 0.6) is 5.75 Å². The second-order valence-electron chi connectivity index (χ2n) is 5.57. The molecular formula is C19H18ClN3O2. The van der Waals surface area contributed by atoms with Crippen molar-refractivity contribution in [1.29, 1.82) is 0 Å². The van der Waals surface area contributed by atoms with Gasteiger partial charge in [-0.3, -0.25) is 4.79 Å². The molecule has 0 saturated heterocycles. The fourth-order valence-electron chi connectivity index (χ4n) is 2.33. The minimum atomic E-state index is -0.608. The van der Waals surface area contributed by atoms with Crippen LogP contribution < -0.4 is 10.1 Å². The number of rotatable bonds is 6. The molecule has 0 unspecified atom stereocenters. The molecule has 1 amide bonds. The molecule has 6 heteroatoms. The third-order valence-electron chi connectivity index (χ3n) is 3.68. The van der Waals surface area contributed by atoms with E-state index in [1.807, 2.05) is 35.0 Å². The summed E-state index contributed by atoms with van der Waals surface area (Å²) < 4.78 is 7.53. The van der Waals surface area contributed by atoms with Crippen molar-refractivity contribution in [2.24, 2.45) is 0 Å². The van der Waals surface area contributed by atoms with E-state index in [1.54, 1.807) is 43.7 Å². The number of halogens is 1. The van der Waals surface area contributed by atoms with Crippen molar-refractivity contribution in [3.63, 3.8) is 0 Å². The Hall–Kier alpha value is -2.79. The molecule has 0 fully saturated rings. The van der Waals surface area contributed by atoms with Gasteiger partial charge in [0.2, 0.25) is 0 Å². The fraction of sp³-hybridized carbons (Fsp3) is 0.158. The van der Waals surface area contributed by atoms with E-state index in [0.29, 0.717) is 17.3 Å². The van der Waals surface area contributed by atoms with E-state index in [1.165, 1.54) is 0 Å². The summed E-state index contributed by atoms with van der Waals surface area (Å²) in [4.78, 5) is 16.2. The van der Waals surface area contributed by atoms with Crippen molar-refractivity contribution in [1.82, 2.24) is 14.9 Å². The second-order valence-corrected chi connectivity index (χ2v) is 6.01. The van der Waals surface area contributed by atoms with Crippen LogP contribution >= 0.6 is 11.6 Å². The zero-order valence-electron chi connectivity index (χ0n) is 13.7. The highest BCUT2D eigenvalue weighted by Gasteiger charge is 2.14. The Bertz CT molecular complexity index is 832. The van der Waals surface area contributed by atoms with Crippen molar-refractivity contribution in [3.05, 3.63) is 77.8 Å². The summed E-state index contributed by atoms with van der Waals surface area (Å²) in [6, 6.07) is 14.9. The average Bonchev–Trinajstić information content (AvgIpc) is 3.14. The van der Waals surface area contributed by atoms with E-state index in [-0.39, 0.29) is 5.91 Å². The molecule has 0 saturated carbocycles. The minimum absolute atomic E-state index is 0.182. The molecule has 128 valence electrons. The molecule has 0 aliphatic carbocycles. The summed E-state index contributed by atoms with van der Waals surface area (Å²) in [5.74, 6) is 0.387. The molecule has 0 bridgehead atoms. The van der Waals surface area contributed by atoms with Crippen LogP contribution in [0, 0.1) is 0 Å². The van der Waals surface area contributed by atoms with E-state index in [2.05, 4.69) is 10.3 Å². The zero-order valence-corrected chi connectivity index (χ0v) is 14.5. The van der Waals surface area contributed by atoms with Crippen LogP contribution in [0.25, 0.3) is 5.69 Å². The quantitative estimate of drug-likeness (QED) is 0.735. The fourth-order valence-corrected chi connectivity index (χ4v) is 2.51. The lowest BCUT2D eigenvalue weighted by atomic mass is 10.2. The number of nitrogens with one attached hydrogen (secondary N) is 1. The summed E-state index contributed by atoms with van der Waals surface area (Å²) >= 11 is 5.91. The van der Waals surface area contributed by atoms with Gasteiger partial charge in [-0.15, -0.1) is 0 Å². The Morgan fingerprint density at radius 2 is 2.08 bits per heavy atom. The molecule has 25 heavy (non-hydrogen) atoms. The van der Waals surface area contributed by atoms with Crippen LogP contribution in [0.3, 0.4) is 0 Å². The maximum absolute atomic E-state index is 12.2. The van der Waals surface area contributed by atoms with E-state index in [9.17, 15) is 4.79 Å². The predicted octanol–water partition coefficient (Wildman–Crippen LogP) is 3.61. The first-order chi connectivity index (χ1) is 12.1. The lowest BCUT2D eigenvalue weighted by molar-refractivity contribution is -0.127. The third-order valence-corrected chi connectivity index (χ3v) is 3.92. The van der Waals surface area contributed by atoms with Gasteiger partial charge in [0.05, 0.1) is 6.33 Å². The lowest BCUT2D eigenvalue weighted by Gasteiger charge is -2.15. The number of carbonyl (C=O) groups excluding carboxylic acids is 1. The Morgan fingerprint density at radius 3 is 2.76 bits per heavy atom. The van der Waals surface area contributed by atoms with Gasteiger partial charge in [0, 0.05) is 29.6 Å². The van der Waals surface area contributed by atoms with E-state index in [0.717, 1.165) is 11.3 Å². The highest BCUT2D eigenvalue weighted by atomic mass is 35.5. The van der Waals surface area contributed by atoms with Gasteiger partial charge in [-0.1, -0.05) is 29.8 Å². The largest absolute Gasteiger partial charge is 0.481 e. The van der Waals surface area contributed by atoms with Crippen molar-refractivity contribution in [3.8, 4) is 11.4 Å². The smallest absolute Gasteiger partial charge is 0.261 e. The van der Waals surface area contributed by atoms with Gasteiger partial charge in [-0.2, -0.15) is 0 Å². The standard InChI is InChI=1S/C19H18ClN3O2/c1-14(25-18-4-2-3-16(20)11-18)19(24)22-12-15-5-7-17(8-6-15)23-10-9-21-13-23/h2-11,13-14H,12H2,1H3,(H,22,24)/t14-/m0/s1. The molecular weight excluding hydrogens is 338 g/mol. The number of amides is 1. The van der Waals surface area contributed by atoms with E-state index in [4.69, 9.17) is 16.3 Å². The molecule has 1 N–H and O–H groups in total. The number of imidazole rings is 1. The van der Waals surface area contributed by atoms with Crippen LogP contribution in [0.15, 0.2) is 67.3 Å². The summed E-state index contributed by atoms with van der Waals surface area (Å²) in [5.41, 5.74) is 2.03. The Balaban J connectivity index is 1.53. The van der Waals surface area contributed by atoms with Gasteiger partial charge in [0.1, 0.15) is 5.75 Å². The molecule has 2 aromatic carbocycles. The van der Waals surface area contributed by atoms with E-state index < -0.39 is 6.10 Å². The lowest BCUT2D eigenvalue weighted by Crippen LogP contribution is -2.35. The number of ether oxygens (including phenoxy) is 1. The summed E-state index contributed by atoms with van der Waals surface area (Å²) in [6.07, 6.45) is 4.75. The molecule has 0 aliphatic heterocycles. The third kappa shape index (κ3) is 4.61. The van der Waals surface area contributed by atoms with Crippen molar-refractivity contribution in [2.45, 2.75) is 19.6 Å². The Kier molecular flexibility index (Phi) is 5.36. The monoisotopic (exact) mass is 355 g/mol. The van der Waals surface area contributed by atoms with Crippen molar-refractivity contribution < 1.29 is 9.53 Å². The van der Waals surface area contributed by atoms with Crippen LogP contribution in [-0.2, 0) is 11.3 Å². The average molecular weight is 356 g/mol. The molecule has 3 rings (SSSR count). The number of hydrogen-bond donors (Lipinski definition) is 1. The number of nitrogens with zero attached hydrogens (tertiary/aromatic N) is 2. The zero-order chi connectivity index (χ0) is 17.6. The number of aromatic nitrogens is 2. The summed E-state index contributed by atoms with van der Waals surface area (Å²) in [6.45, 7) is 2.14. The highest BCUT2D eigenvalue weighted by Crippen LogP contribution is 2.18. The summed E-state index contributed by atoms with van der Waals surface area (Å²) in [7, 11) is 0. The van der Waals surface area contributed by atoms with Crippen LogP contribution in [-0.4, -0.2) is 21.6 Å². The molecule has 0 aliphatic rings. The van der Waals surface area contributed by atoms with E-state index >= 15 is 0 Å². The first-order valence-corrected chi connectivity index (χ1v) is 8.27. The van der Waals surface area contributed by atoms with Crippen molar-refractivity contribution >= 4 is 17.5 Å². The normalized spacial score (nSPS) is 11.8. The van der Waals surface area contributed by atoms with Gasteiger partial charge in [-0.05, 0) is 42.8 Å². The first kappa shape index (κ1) is 17.0. The highest BCUT2D eigenvalue weighted by molar-refractivity contribution is 6.30. The molecule has 0 radical (unpaired) electrons. The van der Waals surface area contributed by atoms with Crippen LogP contribution in [0.1, 0.15) is 12.5 Å². The Labute approximate surface area is 151 Å². The molecule has 1 atom stereocenters. The molecule has 1 heterocycles. The molecule has 1 aromatic heterocycles. The van der Waals surface area contributed by atoms with Gasteiger partial charge in [-0.25, -0.2) is 4.98 Å². The summed E-state index contributed by atoms with van der Waals surface area (Å²) in [5, 5.41) is 3.44. The maximum atomic E-state index is 12.2. The van der Waals surface area contributed by atoms with Crippen LogP contribution in [0.2, 0.25) is 5.02 Å². The molecule has 3 aromatic rings. The molecule has 0 spiro atoms. The number of carbonyl (C=O) groups is 1. The number of benzene rings is 2. The second kappa shape index (κ2) is 7.85. The first-order valence-electron chi connectivity index (χ1n) is 7.89. The maximum Gasteiger partial charge on any atom is 0.261 e. The molecule has 5 nitrogen and oxygen atoms in total. The van der Waals surface area contributed by atoms with Gasteiger partial charge in [0.25, 0.3) is 5.91 Å². The van der Waals surface area contributed by atoms with Gasteiger partial charge < -0.3 is 14.6 Å². The van der Waals surface area contributed by atoms with Gasteiger partial charge in [0.15, 0.2) is 6.10 Å². The van der Waals surface area contributed by atoms with Crippen molar-refractivity contribution in [2.75, 3.05) is 0 Å².